The highest BCUT2D eigenvalue weighted by atomic mass is 16.6. The monoisotopic (exact) mass is 260 g/mol. The first-order valence-corrected chi connectivity index (χ1v) is 6.03. The zero-order chi connectivity index (χ0) is 13.8. The number of nitro benzene ring substituents is 1. The molecule has 0 amide bonds. The Balaban J connectivity index is 2.22. The van der Waals surface area contributed by atoms with E-state index in [9.17, 15) is 10.1 Å². The lowest BCUT2D eigenvalue weighted by molar-refractivity contribution is -0.385. The van der Waals surface area contributed by atoms with E-state index in [2.05, 4.69) is 10.4 Å². The van der Waals surface area contributed by atoms with Gasteiger partial charge in [-0.2, -0.15) is 5.10 Å². The quantitative estimate of drug-likeness (QED) is 0.660. The minimum absolute atomic E-state index is 0.126. The van der Waals surface area contributed by atoms with Crippen molar-refractivity contribution >= 4 is 5.69 Å². The molecular weight excluding hydrogens is 244 g/mol. The number of rotatable bonds is 5. The molecule has 1 N–H and O–H groups in total. The molecule has 2 rings (SSSR count). The van der Waals surface area contributed by atoms with E-state index in [1.54, 1.807) is 29.1 Å². The molecule has 1 atom stereocenters. The number of para-hydroxylation sites is 1. The van der Waals surface area contributed by atoms with Crippen LogP contribution in [0, 0.1) is 10.1 Å². The summed E-state index contributed by atoms with van der Waals surface area (Å²) in [6.07, 6.45) is 3.67. The maximum Gasteiger partial charge on any atom is 0.274 e. The topological polar surface area (TPSA) is 73.0 Å². The highest BCUT2D eigenvalue weighted by molar-refractivity contribution is 5.39. The van der Waals surface area contributed by atoms with E-state index >= 15 is 0 Å². The van der Waals surface area contributed by atoms with Crippen LogP contribution in [-0.2, 0) is 6.54 Å². The van der Waals surface area contributed by atoms with E-state index in [-0.39, 0.29) is 16.7 Å². The van der Waals surface area contributed by atoms with E-state index in [1.165, 1.54) is 6.07 Å². The molecule has 2 aromatic rings. The number of aromatic nitrogens is 2. The molecule has 0 fully saturated rings. The standard InChI is InChI=1S/C13H16N4O2/c1-10(14-2)12-7-15-16(9-12)8-11-5-3-4-6-13(11)17(18)19/h3-7,9-10,14H,8H2,1-2H3. The fourth-order valence-electron chi connectivity index (χ4n) is 1.85. The second-order valence-corrected chi connectivity index (χ2v) is 4.37. The predicted octanol–water partition coefficient (Wildman–Crippen LogP) is 2.12. The largest absolute Gasteiger partial charge is 0.313 e. The van der Waals surface area contributed by atoms with Crippen molar-refractivity contribution < 1.29 is 4.92 Å². The maximum atomic E-state index is 10.9. The third kappa shape index (κ3) is 2.97. The van der Waals surface area contributed by atoms with Gasteiger partial charge in [-0.3, -0.25) is 14.8 Å². The summed E-state index contributed by atoms with van der Waals surface area (Å²) in [5.74, 6) is 0. The fraction of sp³-hybridized carbons (Fsp3) is 0.308. The zero-order valence-electron chi connectivity index (χ0n) is 10.9. The summed E-state index contributed by atoms with van der Waals surface area (Å²) in [5, 5.41) is 18.3. The van der Waals surface area contributed by atoms with Gasteiger partial charge in [0.2, 0.25) is 0 Å². The lowest BCUT2D eigenvalue weighted by atomic mass is 10.2. The van der Waals surface area contributed by atoms with Crippen molar-refractivity contribution in [2.24, 2.45) is 0 Å². The number of nitro groups is 1. The van der Waals surface area contributed by atoms with Gasteiger partial charge < -0.3 is 5.32 Å². The van der Waals surface area contributed by atoms with Gasteiger partial charge in [0.05, 0.1) is 23.2 Å². The lowest BCUT2D eigenvalue weighted by Crippen LogP contribution is -2.11. The molecule has 0 aliphatic rings. The first kappa shape index (κ1) is 13.2. The van der Waals surface area contributed by atoms with Crippen LogP contribution < -0.4 is 5.32 Å². The van der Waals surface area contributed by atoms with Crippen molar-refractivity contribution in [2.75, 3.05) is 7.05 Å². The van der Waals surface area contributed by atoms with Gasteiger partial charge in [0.15, 0.2) is 0 Å². The van der Waals surface area contributed by atoms with Crippen molar-refractivity contribution in [3.8, 4) is 0 Å². The van der Waals surface area contributed by atoms with E-state index in [0.29, 0.717) is 12.1 Å². The van der Waals surface area contributed by atoms with Crippen LogP contribution in [-0.4, -0.2) is 21.8 Å². The number of nitrogens with one attached hydrogen (secondary N) is 1. The van der Waals surface area contributed by atoms with Gasteiger partial charge in [0, 0.05) is 23.9 Å². The molecule has 6 heteroatoms. The van der Waals surface area contributed by atoms with Crippen LogP contribution in [0.4, 0.5) is 5.69 Å². The molecule has 0 saturated carbocycles. The molecule has 0 aliphatic heterocycles. The Hall–Kier alpha value is -2.21. The molecule has 1 unspecified atom stereocenters. The number of hydrogen-bond donors (Lipinski definition) is 1. The molecular formula is C13H16N4O2. The van der Waals surface area contributed by atoms with Gasteiger partial charge >= 0.3 is 0 Å². The average Bonchev–Trinajstić information content (AvgIpc) is 2.86. The van der Waals surface area contributed by atoms with Crippen molar-refractivity contribution in [1.29, 1.82) is 0 Å². The molecule has 1 aromatic carbocycles. The second-order valence-electron chi connectivity index (χ2n) is 4.37. The van der Waals surface area contributed by atoms with Crippen LogP contribution in [0.15, 0.2) is 36.7 Å². The van der Waals surface area contributed by atoms with Crippen LogP contribution >= 0.6 is 0 Å². The van der Waals surface area contributed by atoms with Gasteiger partial charge in [-0.05, 0) is 14.0 Å². The van der Waals surface area contributed by atoms with E-state index in [4.69, 9.17) is 0 Å². The van der Waals surface area contributed by atoms with Crippen LogP contribution in [0.5, 0.6) is 0 Å². The summed E-state index contributed by atoms with van der Waals surface area (Å²) in [7, 11) is 1.88. The molecule has 0 spiro atoms. The Morgan fingerprint density at radius 3 is 2.89 bits per heavy atom. The van der Waals surface area contributed by atoms with E-state index < -0.39 is 0 Å². The van der Waals surface area contributed by atoms with Gasteiger partial charge in [-0.25, -0.2) is 0 Å². The molecule has 19 heavy (non-hydrogen) atoms. The minimum Gasteiger partial charge on any atom is -0.313 e. The average molecular weight is 260 g/mol. The third-order valence-electron chi connectivity index (χ3n) is 3.11. The Bertz CT molecular complexity index is 580. The van der Waals surface area contributed by atoms with Gasteiger partial charge in [-0.1, -0.05) is 18.2 Å². The summed E-state index contributed by atoms with van der Waals surface area (Å²) >= 11 is 0. The van der Waals surface area contributed by atoms with Crippen LogP contribution in [0.25, 0.3) is 0 Å². The third-order valence-corrected chi connectivity index (χ3v) is 3.11. The molecule has 0 radical (unpaired) electrons. The molecule has 6 nitrogen and oxygen atoms in total. The molecule has 1 aromatic heterocycles. The van der Waals surface area contributed by atoms with Crippen molar-refractivity contribution in [2.45, 2.75) is 19.5 Å². The first-order valence-electron chi connectivity index (χ1n) is 6.03. The van der Waals surface area contributed by atoms with Gasteiger partial charge in [-0.15, -0.1) is 0 Å². The predicted molar refractivity (Wildman–Crippen MR) is 71.9 cm³/mol. The Labute approximate surface area is 111 Å². The summed E-state index contributed by atoms with van der Waals surface area (Å²) in [5.41, 5.74) is 1.83. The van der Waals surface area contributed by atoms with Crippen molar-refractivity contribution in [3.63, 3.8) is 0 Å². The van der Waals surface area contributed by atoms with Crippen molar-refractivity contribution in [1.82, 2.24) is 15.1 Å². The Morgan fingerprint density at radius 1 is 1.47 bits per heavy atom. The molecule has 0 aliphatic carbocycles. The minimum atomic E-state index is -0.365. The van der Waals surface area contributed by atoms with Crippen LogP contribution in [0.1, 0.15) is 24.1 Å². The maximum absolute atomic E-state index is 10.9. The second kappa shape index (κ2) is 5.62. The lowest BCUT2D eigenvalue weighted by Gasteiger charge is -2.06. The fourth-order valence-corrected chi connectivity index (χ4v) is 1.85. The smallest absolute Gasteiger partial charge is 0.274 e. The van der Waals surface area contributed by atoms with E-state index in [0.717, 1.165) is 5.56 Å². The zero-order valence-corrected chi connectivity index (χ0v) is 10.9. The first-order chi connectivity index (χ1) is 9.11. The number of nitrogens with zero attached hydrogens (tertiary/aromatic N) is 3. The summed E-state index contributed by atoms with van der Waals surface area (Å²) in [6, 6.07) is 6.93. The SMILES string of the molecule is CNC(C)c1cnn(Cc2ccccc2[N+](=O)[O-])c1. The summed E-state index contributed by atoms with van der Waals surface area (Å²) < 4.78 is 1.71. The molecule has 100 valence electrons. The van der Waals surface area contributed by atoms with Gasteiger partial charge in [0.25, 0.3) is 5.69 Å². The molecule has 0 bridgehead atoms. The number of benzene rings is 1. The van der Waals surface area contributed by atoms with Crippen molar-refractivity contribution in [3.05, 3.63) is 57.9 Å². The summed E-state index contributed by atoms with van der Waals surface area (Å²) in [6.45, 7) is 2.43. The normalized spacial score (nSPS) is 12.3. The van der Waals surface area contributed by atoms with Crippen LogP contribution in [0.3, 0.4) is 0 Å². The van der Waals surface area contributed by atoms with E-state index in [1.807, 2.05) is 20.2 Å². The van der Waals surface area contributed by atoms with Crippen LogP contribution in [0.2, 0.25) is 0 Å². The molecule has 0 saturated heterocycles. The molecule has 1 heterocycles. The highest BCUT2D eigenvalue weighted by Gasteiger charge is 2.13. The van der Waals surface area contributed by atoms with Gasteiger partial charge in [0.1, 0.15) is 0 Å². The number of hydrogen-bond acceptors (Lipinski definition) is 4. The summed E-state index contributed by atoms with van der Waals surface area (Å²) in [4.78, 5) is 10.6. The Kier molecular flexibility index (Phi) is 3.91. The highest BCUT2D eigenvalue weighted by Crippen LogP contribution is 2.19. The Morgan fingerprint density at radius 2 is 2.21 bits per heavy atom.